The van der Waals surface area contributed by atoms with E-state index in [4.69, 9.17) is 28.4 Å². The van der Waals surface area contributed by atoms with Gasteiger partial charge < -0.3 is 89.9 Å². The molecule has 3 heterocycles. The molecule has 0 aliphatic carbocycles. The van der Waals surface area contributed by atoms with Gasteiger partial charge in [-0.3, -0.25) is 4.79 Å². The van der Waals surface area contributed by atoms with Gasteiger partial charge in [0, 0.05) is 6.42 Å². The molecule has 0 saturated carbocycles. The Morgan fingerprint density at radius 3 is 1.31 bits per heavy atom. The standard InChI is InChI=1S/C52H97NO18/c1-3-5-7-8-9-10-11-12-13-14-15-16-17-18-19-20-21-22-23-24-25-26-27-28-29-36(57)35(53-40(58)30-6-4-2)34-66-50-46(64)43(61)48(38(32-55)68-50)71-52-47(65)44(62)49(39(33-56)69-52)70-51-45(63)42(60)41(59)37(31-54)67-51/h28-29,35-39,41-52,54-57,59-65H,3-27,30-34H2,1-2H3,(H,53,58)/b29-28+. The summed E-state index contributed by atoms with van der Waals surface area (Å²) in [5, 5.41) is 119. The summed E-state index contributed by atoms with van der Waals surface area (Å²) in [5.41, 5.74) is 0. The van der Waals surface area contributed by atoms with Crippen molar-refractivity contribution in [1.29, 1.82) is 0 Å². The van der Waals surface area contributed by atoms with Gasteiger partial charge in [0.25, 0.3) is 0 Å². The molecule has 3 aliphatic rings. The van der Waals surface area contributed by atoms with Crippen LogP contribution in [-0.2, 0) is 33.2 Å². The van der Waals surface area contributed by atoms with Crippen LogP contribution in [0.3, 0.4) is 0 Å². The fourth-order valence-electron chi connectivity index (χ4n) is 9.46. The van der Waals surface area contributed by atoms with Crippen molar-refractivity contribution in [3.63, 3.8) is 0 Å². The molecule has 12 N–H and O–H groups in total. The predicted octanol–water partition coefficient (Wildman–Crippen LogP) is 3.04. The number of nitrogens with one attached hydrogen (secondary N) is 1. The van der Waals surface area contributed by atoms with Crippen LogP contribution < -0.4 is 5.32 Å². The maximum atomic E-state index is 12.8. The van der Waals surface area contributed by atoms with E-state index in [0.29, 0.717) is 6.42 Å². The predicted molar refractivity (Wildman–Crippen MR) is 263 cm³/mol. The molecule has 71 heavy (non-hydrogen) atoms. The van der Waals surface area contributed by atoms with E-state index >= 15 is 0 Å². The van der Waals surface area contributed by atoms with Crippen molar-refractivity contribution < 1.29 is 89.4 Å². The van der Waals surface area contributed by atoms with Crippen molar-refractivity contribution in [2.24, 2.45) is 0 Å². The molecule has 1 amide bonds. The van der Waals surface area contributed by atoms with Gasteiger partial charge >= 0.3 is 0 Å². The fourth-order valence-corrected chi connectivity index (χ4v) is 9.46. The Morgan fingerprint density at radius 2 is 0.873 bits per heavy atom. The fraction of sp³-hybridized carbons (Fsp3) is 0.942. The minimum Gasteiger partial charge on any atom is -0.394 e. The zero-order chi connectivity index (χ0) is 52.0. The molecule has 17 unspecified atom stereocenters. The van der Waals surface area contributed by atoms with Crippen LogP contribution in [0.15, 0.2) is 12.2 Å². The summed E-state index contributed by atoms with van der Waals surface area (Å²) >= 11 is 0. The van der Waals surface area contributed by atoms with Crippen molar-refractivity contribution in [2.75, 3.05) is 26.4 Å². The molecular formula is C52H97NO18. The first-order valence-electron chi connectivity index (χ1n) is 27.4. The number of aliphatic hydroxyl groups excluding tert-OH is 11. The summed E-state index contributed by atoms with van der Waals surface area (Å²) in [6.45, 7) is 1.45. The monoisotopic (exact) mass is 1020 g/mol. The largest absolute Gasteiger partial charge is 0.394 e. The number of hydrogen-bond acceptors (Lipinski definition) is 18. The van der Waals surface area contributed by atoms with Crippen LogP contribution in [-0.4, -0.2) is 193 Å². The molecule has 0 radical (unpaired) electrons. The highest BCUT2D eigenvalue weighted by Gasteiger charge is 2.53. The highest BCUT2D eigenvalue weighted by molar-refractivity contribution is 5.76. The minimum atomic E-state index is -1.97. The highest BCUT2D eigenvalue weighted by Crippen LogP contribution is 2.33. The number of unbranched alkanes of at least 4 members (excludes halogenated alkanes) is 23. The Kier molecular flexibility index (Phi) is 33.5. The van der Waals surface area contributed by atoms with E-state index in [1.54, 1.807) is 6.08 Å². The lowest BCUT2D eigenvalue weighted by Crippen LogP contribution is -2.66. The maximum Gasteiger partial charge on any atom is 0.220 e. The SMILES string of the molecule is CCCCCCCCCCCCCCCCCCCCCCCC/C=C/C(O)C(COC1OC(CO)C(OC2OC(CO)C(OC3OC(CO)C(O)C(O)C3O)C(O)C2O)C(O)C1O)NC(=O)CCCC. The number of aliphatic hydroxyl groups is 11. The Labute approximate surface area is 423 Å². The number of rotatable bonds is 39. The van der Waals surface area contributed by atoms with Crippen molar-refractivity contribution in [2.45, 2.75) is 285 Å². The van der Waals surface area contributed by atoms with Crippen molar-refractivity contribution in [3.8, 4) is 0 Å². The van der Waals surface area contributed by atoms with Crippen molar-refractivity contribution in [3.05, 3.63) is 12.2 Å². The van der Waals surface area contributed by atoms with Crippen LogP contribution in [0.1, 0.15) is 181 Å². The van der Waals surface area contributed by atoms with Crippen molar-refractivity contribution >= 4 is 5.91 Å². The van der Waals surface area contributed by atoms with Gasteiger partial charge in [-0.25, -0.2) is 0 Å². The Hall–Kier alpha value is -1.47. The van der Waals surface area contributed by atoms with Crippen LogP contribution >= 0.6 is 0 Å². The first-order valence-corrected chi connectivity index (χ1v) is 27.4. The van der Waals surface area contributed by atoms with E-state index in [9.17, 15) is 61.0 Å². The number of carbonyl (C=O) groups excluding carboxylic acids is 1. The molecule has 0 aromatic rings. The second-order valence-corrected chi connectivity index (χ2v) is 20.1. The smallest absolute Gasteiger partial charge is 0.220 e. The van der Waals surface area contributed by atoms with Gasteiger partial charge in [-0.05, 0) is 19.3 Å². The molecule has 3 rings (SSSR count). The van der Waals surface area contributed by atoms with E-state index in [-0.39, 0.29) is 18.9 Å². The number of allylic oxidation sites excluding steroid dienone is 1. The number of carbonyl (C=O) groups is 1. The summed E-state index contributed by atoms with van der Waals surface area (Å²) in [4.78, 5) is 12.8. The zero-order valence-electron chi connectivity index (χ0n) is 43.0. The zero-order valence-corrected chi connectivity index (χ0v) is 43.0. The molecule has 3 saturated heterocycles. The summed E-state index contributed by atoms with van der Waals surface area (Å²) in [5.74, 6) is -0.311. The molecule has 19 nitrogen and oxygen atoms in total. The average molecular weight is 1020 g/mol. The Bertz CT molecular complexity index is 1360. The number of ether oxygens (including phenoxy) is 6. The molecular weight excluding hydrogens is 927 g/mol. The molecule has 19 heteroatoms. The summed E-state index contributed by atoms with van der Waals surface area (Å²) in [7, 11) is 0. The van der Waals surface area contributed by atoms with Gasteiger partial charge in [0.2, 0.25) is 5.91 Å². The topological polar surface area (TPSA) is 307 Å². The first kappa shape index (κ1) is 63.8. The van der Waals surface area contributed by atoms with Gasteiger partial charge in [-0.15, -0.1) is 0 Å². The Balaban J connectivity index is 1.38. The van der Waals surface area contributed by atoms with Crippen LogP contribution in [0.4, 0.5) is 0 Å². The molecule has 0 bridgehead atoms. The number of hydrogen-bond donors (Lipinski definition) is 12. The maximum absolute atomic E-state index is 12.8. The third-order valence-corrected chi connectivity index (χ3v) is 14.1. The first-order chi connectivity index (χ1) is 34.3. The molecule has 3 fully saturated rings. The lowest BCUT2D eigenvalue weighted by atomic mass is 9.96. The molecule has 0 spiro atoms. The number of amides is 1. The summed E-state index contributed by atoms with van der Waals surface area (Å²) in [6, 6.07) is -0.963. The van der Waals surface area contributed by atoms with E-state index in [1.807, 2.05) is 13.0 Å². The minimum absolute atomic E-state index is 0.220. The normalized spacial score (nSPS) is 32.3. The van der Waals surface area contributed by atoms with Gasteiger partial charge in [0.15, 0.2) is 18.9 Å². The second kappa shape index (κ2) is 37.3. The Morgan fingerprint density at radius 1 is 0.493 bits per heavy atom. The van der Waals surface area contributed by atoms with E-state index in [0.717, 1.165) is 32.1 Å². The lowest BCUT2D eigenvalue weighted by Gasteiger charge is -2.48. The van der Waals surface area contributed by atoms with Crippen LogP contribution in [0.5, 0.6) is 0 Å². The van der Waals surface area contributed by atoms with Gasteiger partial charge in [0.1, 0.15) is 73.2 Å². The summed E-state index contributed by atoms with van der Waals surface area (Å²) in [6.07, 6.45) is 8.05. The van der Waals surface area contributed by atoms with E-state index in [1.165, 1.54) is 122 Å². The third kappa shape index (κ3) is 22.7. The van der Waals surface area contributed by atoms with Gasteiger partial charge in [-0.1, -0.05) is 167 Å². The molecule has 0 aromatic carbocycles. The van der Waals surface area contributed by atoms with Crippen LogP contribution in [0.2, 0.25) is 0 Å². The van der Waals surface area contributed by atoms with Crippen LogP contribution in [0.25, 0.3) is 0 Å². The second-order valence-electron chi connectivity index (χ2n) is 20.1. The van der Waals surface area contributed by atoms with E-state index in [2.05, 4.69) is 12.2 Å². The van der Waals surface area contributed by atoms with Crippen LogP contribution in [0, 0.1) is 0 Å². The highest BCUT2D eigenvalue weighted by atomic mass is 16.8. The van der Waals surface area contributed by atoms with Gasteiger partial charge in [0.05, 0.1) is 38.6 Å². The molecule has 3 aliphatic heterocycles. The molecule has 17 atom stereocenters. The summed E-state index contributed by atoms with van der Waals surface area (Å²) < 4.78 is 33.9. The average Bonchev–Trinajstić information content (AvgIpc) is 3.37. The van der Waals surface area contributed by atoms with E-state index < -0.39 is 124 Å². The molecule has 0 aromatic heterocycles. The molecule has 418 valence electrons. The van der Waals surface area contributed by atoms with Crippen molar-refractivity contribution in [1.82, 2.24) is 5.32 Å². The van der Waals surface area contributed by atoms with Gasteiger partial charge in [-0.2, -0.15) is 0 Å². The quantitative estimate of drug-likeness (QED) is 0.0311. The third-order valence-electron chi connectivity index (χ3n) is 14.1. The lowest BCUT2D eigenvalue weighted by molar-refractivity contribution is -0.379.